The molecule has 1 unspecified atom stereocenters. The number of sulfonamides is 1. The first-order valence-electron chi connectivity index (χ1n) is 12.3. The van der Waals surface area contributed by atoms with Crippen molar-refractivity contribution in [2.24, 2.45) is 5.14 Å². The molecule has 1 atom stereocenters. The van der Waals surface area contributed by atoms with E-state index in [2.05, 4.69) is 31.5 Å². The first-order chi connectivity index (χ1) is 18.6. The van der Waals surface area contributed by atoms with Gasteiger partial charge in [-0.05, 0) is 71.1 Å². The van der Waals surface area contributed by atoms with Gasteiger partial charge in [-0.25, -0.2) is 18.5 Å². The second-order valence-electron chi connectivity index (χ2n) is 9.14. The molecule has 0 spiro atoms. The minimum atomic E-state index is -3.95. The average molecular weight is 615 g/mol. The number of benzene rings is 2. The van der Waals surface area contributed by atoms with E-state index < -0.39 is 27.9 Å². The summed E-state index contributed by atoms with van der Waals surface area (Å²) in [5, 5.41) is 10.7. The highest BCUT2D eigenvalue weighted by Gasteiger charge is 2.29. The number of piperidine rings is 1. The highest BCUT2D eigenvalue weighted by molar-refractivity contribution is 9.10. The molecule has 0 bridgehead atoms. The van der Waals surface area contributed by atoms with Gasteiger partial charge in [0.05, 0.1) is 11.3 Å². The van der Waals surface area contributed by atoms with Gasteiger partial charge >= 0.3 is 0 Å². The molecule has 2 heterocycles. The molecule has 204 valence electrons. The summed E-state index contributed by atoms with van der Waals surface area (Å²) >= 11 is 3.29. The zero-order chi connectivity index (χ0) is 28.0. The second-order valence-corrected chi connectivity index (χ2v) is 11.6. The quantitative estimate of drug-likeness (QED) is 0.354. The number of halogens is 1. The number of nitrogens with one attached hydrogen (secondary N) is 2. The van der Waals surface area contributed by atoms with Gasteiger partial charge in [-0.15, -0.1) is 0 Å². The summed E-state index contributed by atoms with van der Waals surface area (Å²) in [7, 11) is -3.95. The number of amides is 3. The van der Waals surface area contributed by atoms with Crippen LogP contribution in [0.2, 0.25) is 0 Å². The fraction of sp³-hybridized carbons (Fsp3) is 0.259. The number of nitrogens with zero attached hydrogens (tertiary/aromatic N) is 2. The predicted octanol–water partition coefficient (Wildman–Crippen LogP) is 3.30. The van der Waals surface area contributed by atoms with Crippen molar-refractivity contribution >= 4 is 49.5 Å². The number of likely N-dealkylation sites (tertiary alicyclic amines) is 1. The highest BCUT2D eigenvalue weighted by Crippen LogP contribution is 2.27. The van der Waals surface area contributed by atoms with Gasteiger partial charge in [0.1, 0.15) is 11.9 Å². The number of pyridine rings is 1. The van der Waals surface area contributed by atoms with E-state index in [-0.39, 0.29) is 22.8 Å². The van der Waals surface area contributed by atoms with Crippen LogP contribution >= 0.6 is 15.9 Å². The molecule has 4 rings (SSSR count). The molecule has 2 aromatic carbocycles. The first-order valence-corrected chi connectivity index (χ1v) is 14.7. The Hall–Kier alpha value is -3.61. The standard InChI is InChI=1S/C27H28BrN5O5S/c28-20-12-13-24(30-17-20)32-25(34)16-22(27(36)33-14-4-1-5-15-33)31-26(35)19-10-8-18(9-11-19)21-6-2-3-7-23(21)39(29,37)38/h2-3,6-13,17,22H,1,4-5,14-16H2,(H,31,35)(H2,29,37,38)(H,30,32,34). The molecule has 0 saturated carbocycles. The maximum Gasteiger partial charge on any atom is 0.251 e. The minimum absolute atomic E-state index is 0.0272. The number of rotatable bonds is 8. The summed E-state index contributed by atoms with van der Waals surface area (Å²) in [4.78, 5) is 45.0. The number of hydrogen-bond donors (Lipinski definition) is 3. The first kappa shape index (κ1) is 28.4. The Bertz CT molecular complexity index is 1460. The number of nitrogens with two attached hydrogens (primary N) is 1. The summed E-state index contributed by atoms with van der Waals surface area (Å²) in [5.74, 6) is -0.989. The Labute approximate surface area is 235 Å². The topological polar surface area (TPSA) is 152 Å². The number of primary sulfonamides is 1. The van der Waals surface area contributed by atoms with Gasteiger partial charge < -0.3 is 15.5 Å². The summed E-state index contributed by atoms with van der Waals surface area (Å²) in [6.07, 6.45) is 4.03. The maximum absolute atomic E-state index is 13.3. The van der Waals surface area contributed by atoms with E-state index in [4.69, 9.17) is 5.14 Å². The average Bonchev–Trinajstić information content (AvgIpc) is 2.93. The molecule has 1 aromatic heterocycles. The highest BCUT2D eigenvalue weighted by atomic mass is 79.9. The van der Waals surface area contributed by atoms with Gasteiger partial charge in [0, 0.05) is 34.9 Å². The van der Waals surface area contributed by atoms with E-state index in [1.807, 2.05) is 0 Å². The molecule has 1 aliphatic rings. The van der Waals surface area contributed by atoms with Crippen LogP contribution in [0.3, 0.4) is 0 Å². The lowest BCUT2D eigenvalue weighted by molar-refractivity contribution is -0.135. The van der Waals surface area contributed by atoms with Crippen LogP contribution in [0.4, 0.5) is 5.82 Å². The molecule has 1 saturated heterocycles. The zero-order valence-electron chi connectivity index (χ0n) is 21.0. The minimum Gasteiger partial charge on any atom is -0.341 e. The lowest BCUT2D eigenvalue weighted by Gasteiger charge is -2.30. The molecule has 10 nitrogen and oxygen atoms in total. The molecular formula is C27H28BrN5O5S. The van der Waals surface area contributed by atoms with Crippen LogP contribution in [0.1, 0.15) is 36.0 Å². The molecule has 12 heteroatoms. The van der Waals surface area contributed by atoms with Crippen LogP contribution in [-0.4, -0.2) is 55.2 Å². The number of carbonyl (C=O) groups is 3. The van der Waals surface area contributed by atoms with Crippen molar-refractivity contribution in [3.05, 3.63) is 76.9 Å². The van der Waals surface area contributed by atoms with Gasteiger partial charge in [-0.2, -0.15) is 0 Å². The third kappa shape index (κ3) is 7.49. The van der Waals surface area contributed by atoms with Crippen molar-refractivity contribution in [1.82, 2.24) is 15.2 Å². The summed E-state index contributed by atoms with van der Waals surface area (Å²) in [6, 6.07) is 14.8. The van der Waals surface area contributed by atoms with Gasteiger partial charge in [0.2, 0.25) is 21.8 Å². The zero-order valence-corrected chi connectivity index (χ0v) is 23.4. The number of carbonyl (C=O) groups excluding carboxylic acids is 3. The fourth-order valence-corrected chi connectivity index (χ4v) is 5.35. The Morgan fingerprint density at radius 2 is 1.67 bits per heavy atom. The van der Waals surface area contributed by atoms with Crippen molar-refractivity contribution in [2.45, 2.75) is 36.6 Å². The van der Waals surface area contributed by atoms with E-state index >= 15 is 0 Å². The van der Waals surface area contributed by atoms with E-state index in [1.54, 1.807) is 53.6 Å². The lowest BCUT2D eigenvalue weighted by atomic mass is 10.0. The molecule has 1 aliphatic heterocycles. The summed E-state index contributed by atoms with van der Waals surface area (Å²) in [5.41, 5.74) is 1.21. The van der Waals surface area contributed by atoms with Crippen molar-refractivity contribution in [1.29, 1.82) is 0 Å². The fourth-order valence-electron chi connectivity index (χ4n) is 4.36. The van der Waals surface area contributed by atoms with Crippen molar-refractivity contribution < 1.29 is 22.8 Å². The third-order valence-corrected chi connectivity index (χ3v) is 7.75. The molecule has 3 amide bonds. The van der Waals surface area contributed by atoms with Gasteiger partial charge in [0.15, 0.2) is 0 Å². The monoisotopic (exact) mass is 613 g/mol. The predicted molar refractivity (Wildman–Crippen MR) is 150 cm³/mol. The molecule has 0 aliphatic carbocycles. The summed E-state index contributed by atoms with van der Waals surface area (Å²) < 4.78 is 24.7. The molecule has 3 aromatic rings. The second kappa shape index (κ2) is 12.5. The molecule has 0 radical (unpaired) electrons. The maximum atomic E-state index is 13.3. The third-order valence-electron chi connectivity index (χ3n) is 6.31. The van der Waals surface area contributed by atoms with E-state index in [9.17, 15) is 22.8 Å². The van der Waals surface area contributed by atoms with Crippen LogP contribution < -0.4 is 15.8 Å². The largest absolute Gasteiger partial charge is 0.341 e. The molecular weight excluding hydrogens is 586 g/mol. The van der Waals surface area contributed by atoms with Crippen LogP contribution in [0.25, 0.3) is 11.1 Å². The normalized spacial score (nSPS) is 14.4. The Morgan fingerprint density at radius 3 is 2.31 bits per heavy atom. The molecule has 39 heavy (non-hydrogen) atoms. The van der Waals surface area contributed by atoms with Gasteiger partial charge in [-0.1, -0.05) is 30.3 Å². The van der Waals surface area contributed by atoms with E-state index in [0.29, 0.717) is 30.0 Å². The van der Waals surface area contributed by atoms with Crippen LogP contribution in [-0.2, 0) is 19.6 Å². The Morgan fingerprint density at radius 1 is 0.974 bits per heavy atom. The SMILES string of the molecule is NS(=O)(=O)c1ccccc1-c1ccc(C(=O)NC(CC(=O)Nc2ccc(Br)cn2)C(=O)N2CCCCC2)cc1. The van der Waals surface area contributed by atoms with Gasteiger partial charge in [-0.3, -0.25) is 14.4 Å². The van der Waals surface area contributed by atoms with Crippen molar-refractivity contribution in [3.8, 4) is 11.1 Å². The Balaban J connectivity index is 1.51. The molecule has 4 N–H and O–H groups in total. The lowest BCUT2D eigenvalue weighted by Crippen LogP contribution is -2.51. The smallest absolute Gasteiger partial charge is 0.251 e. The van der Waals surface area contributed by atoms with Crippen molar-refractivity contribution in [3.63, 3.8) is 0 Å². The van der Waals surface area contributed by atoms with Crippen LogP contribution in [0.15, 0.2) is 76.2 Å². The van der Waals surface area contributed by atoms with Crippen LogP contribution in [0.5, 0.6) is 0 Å². The number of hydrogen-bond acceptors (Lipinski definition) is 6. The Kier molecular flexibility index (Phi) is 9.10. The number of aromatic nitrogens is 1. The summed E-state index contributed by atoms with van der Waals surface area (Å²) in [6.45, 7) is 1.14. The van der Waals surface area contributed by atoms with Crippen LogP contribution in [0, 0.1) is 0 Å². The number of anilines is 1. The molecule has 1 fully saturated rings. The van der Waals surface area contributed by atoms with E-state index in [1.165, 1.54) is 18.2 Å². The van der Waals surface area contributed by atoms with Gasteiger partial charge in [0.25, 0.3) is 5.91 Å². The van der Waals surface area contributed by atoms with Crippen molar-refractivity contribution in [2.75, 3.05) is 18.4 Å². The van der Waals surface area contributed by atoms with E-state index in [0.717, 1.165) is 23.7 Å².